The molecule has 1 aromatic carbocycles. The molecule has 0 bridgehead atoms. The maximum Gasteiger partial charge on any atom is 0.343 e. The first-order valence-corrected chi connectivity index (χ1v) is 4.05. The van der Waals surface area contributed by atoms with E-state index in [4.69, 9.17) is 10.2 Å². The van der Waals surface area contributed by atoms with Crippen LogP contribution in [0.15, 0.2) is 12.1 Å². The molecule has 0 radical (unpaired) electrons. The highest BCUT2D eigenvalue weighted by molar-refractivity contribution is 14.1. The lowest BCUT2D eigenvalue weighted by Crippen LogP contribution is -1.98. The molecular formula is C7H5IO4. The second kappa shape index (κ2) is 3.18. The van der Waals surface area contributed by atoms with E-state index in [1.807, 2.05) is 0 Å². The van der Waals surface area contributed by atoms with Crippen LogP contribution in [0.5, 0.6) is 11.5 Å². The van der Waals surface area contributed by atoms with Gasteiger partial charge in [0.1, 0.15) is 17.1 Å². The Morgan fingerprint density at radius 1 is 1.33 bits per heavy atom. The number of aromatic hydroxyl groups is 2. The summed E-state index contributed by atoms with van der Waals surface area (Å²) in [5, 5.41) is 26.8. The maximum absolute atomic E-state index is 10.5. The van der Waals surface area contributed by atoms with Gasteiger partial charge in [-0.05, 0) is 34.7 Å². The molecule has 0 saturated carbocycles. The average molecular weight is 280 g/mol. The molecule has 1 aromatic rings. The zero-order chi connectivity index (χ0) is 9.30. The molecule has 4 nitrogen and oxygen atoms in total. The van der Waals surface area contributed by atoms with E-state index >= 15 is 0 Å². The number of phenols is 2. The molecule has 0 spiro atoms. The zero-order valence-electron chi connectivity index (χ0n) is 5.78. The highest BCUT2D eigenvalue weighted by atomic mass is 127. The minimum atomic E-state index is -1.34. The van der Waals surface area contributed by atoms with Gasteiger partial charge in [-0.2, -0.15) is 0 Å². The molecule has 0 aromatic heterocycles. The first-order valence-electron chi connectivity index (χ1n) is 2.97. The van der Waals surface area contributed by atoms with Crippen LogP contribution in [0.1, 0.15) is 10.4 Å². The molecule has 0 heterocycles. The van der Waals surface area contributed by atoms with Crippen molar-refractivity contribution in [2.24, 2.45) is 0 Å². The van der Waals surface area contributed by atoms with E-state index in [1.54, 1.807) is 22.6 Å². The summed E-state index contributed by atoms with van der Waals surface area (Å²) in [4.78, 5) is 10.5. The Hall–Kier alpha value is -0.980. The summed E-state index contributed by atoms with van der Waals surface area (Å²) in [7, 11) is 0. The van der Waals surface area contributed by atoms with Gasteiger partial charge in [0.25, 0.3) is 0 Å². The highest BCUT2D eigenvalue weighted by Crippen LogP contribution is 2.30. The molecule has 0 fully saturated rings. The van der Waals surface area contributed by atoms with Gasteiger partial charge in [0.2, 0.25) is 0 Å². The van der Waals surface area contributed by atoms with Crippen molar-refractivity contribution in [1.82, 2.24) is 0 Å². The van der Waals surface area contributed by atoms with Crippen molar-refractivity contribution in [2.45, 2.75) is 0 Å². The lowest BCUT2D eigenvalue weighted by molar-refractivity contribution is 0.0690. The van der Waals surface area contributed by atoms with Crippen LogP contribution >= 0.6 is 22.6 Å². The number of hydrogen-bond donors (Lipinski definition) is 3. The molecule has 64 valence electrons. The van der Waals surface area contributed by atoms with E-state index in [1.165, 1.54) is 12.1 Å². The molecule has 0 aliphatic heterocycles. The maximum atomic E-state index is 10.5. The smallest absolute Gasteiger partial charge is 0.343 e. The van der Waals surface area contributed by atoms with E-state index in [0.29, 0.717) is 3.57 Å². The highest BCUT2D eigenvalue weighted by Gasteiger charge is 2.16. The van der Waals surface area contributed by atoms with Crippen molar-refractivity contribution in [3.8, 4) is 11.5 Å². The van der Waals surface area contributed by atoms with Crippen LogP contribution in [-0.4, -0.2) is 21.3 Å². The summed E-state index contributed by atoms with van der Waals surface area (Å²) >= 11 is 1.78. The summed E-state index contributed by atoms with van der Waals surface area (Å²) in [5.74, 6) is -2.17. The Balaban J connectivity index is 3.43. The summed E-state index contributed by atoms with van der Waals surface area (Å²) in [6.07, 6.45) is 0. The lowest BCUT2D eigenvalue weighted by Gasteiger charge is -2.03. The second-order valence-electron chi connectivity index (χ2n) is 2.10. The van der Waals surface area contributed by atoms with Gasteiger partial charge < -0.3 is 15.3 Å². The minimum absolute atomic E-state index is 0.391. The first-order chi connectivity index (χ1) is 5.54. The van der Waals surface area contributed by atoms with Crippen molar-refractivity contribution < 1.29 is 20.1 Å². The van der Waals surface area contributed by atoms with Crippen LogP contribution in [0.2, 0.25) is 0 Å². The fourth-order valence-corrected chi connectivity index (χ4v) is 1.22. The van der Waals surface area contributed by atoms with Gasteiger partial charge in [0.15, 0.2) is 0 Å². The van der Waals surface area contributed by atoms with Crippen molar-refractivity contribution in [3.63, 3.8) is 0 Å². The van der Waals surface area contributed by atoms with Gasteiger partial charge in [-0.15, -0.1) is 0 Å². The Kier molecular flexibility index (Phi) is 2.41. The van der Waals surface area contributed by atoms with Crippen molar-refractivity contribution in [3.05, 3.63) is 21.3 Å². The van der Waals surface area contributed by atoms with Gasteiger partial charge in [0.05, 0.1) is 3.57 Å². The van der Waals surface area contributed by atoms with Gasteiger partial charge in [-0.3, -0.25) is 0 Å². The lowest BCUT2D eigenvalue weighted by atomic mass is 10.2. The van der Waals surface area contributed by atoms with E-state index < -0.39 is 23.0 Å². The van der Waals surface area contributed by atoms with Crippen molar-refractivity contribution in [1.29, 1.82) is 0 Å². The topological polar surface area (TPSA) is 77.8 Å². The molecule has 3 N–H and O–H groups in total. The molecule has 1 rings (SSSR count). The number of hydrogen-bond acceptors (Lipinski definition) is 3. The fraction of sp³-hybridized carbons (Fsp3) is 0. The van der Waals surface area contributed by atoms with E-state index in [9.17, 15) is 9.90 Å². The van der Waals surface area contributed by atoms with Crippen LogP contribution < -0.4 is 0 Å². The third-order valence-electron chi connectivity index (χ3n) is 1.32. The fourth-order valence-electron chi connectivity index (χ4n) is 0.766. The molecule has 0 atom stereocenters. The molecule has 0 saturated heterocycles. The van der Waals surface area contributed by atoms with Crippen molar-refractivity contribution in [2.75, 3.05) is 0 Å². The summed E-state index contributed by atoms with van der Waals surface area (Å²) in [6, 6.07) is 2.66. The van der Waals surface area contributed by atoms with Crippen molar-refractivity contribution >= 4 is 28.6 Å². The molecule has 0 aliphatic carbocycles. The van der Waals surface area contributed by atoms with Gasteiger partial charge in [-0.25, -0.2) is 4.79 Å². The number of aromatic carboxylic acids is 1. The molecule has 12 heavy (non-hydrogen) atoms. The normalized spacial score (nSPS) is 9.75. The quantitative estimate of drug-likeness (QED) is 0.679. The summed E-state index contributed by atoms with van der Waals surface area (Å²) in [6.45, 7) is 0. The van der Waals surface area contributed by atoms with E-state index in [-0.39, 0.29) is 0 Å². The Bertz CT molecular complexity index is 334. The number of benzene rings is 1. The number of carboxylic acids is 1. The number of halogens is 1. The average Bonchev–Trinajstić information content (AvgIpc) is 1.97. The van der Waals surface area contributed by atoms with Gasteiger partial charge in [-0.1, -0.05) is 0 Å². The largest absolute Gasteiger partial charge is 0.507 e. The van der Waals surface area contributed by atoms with Crippen LogP contribution in [0.4, 0.5) is 0 Å². The number of rotatable bonds is 1. The molecule has 0 amide bonds. The third-order valence-corrected chi connectivity index (χ3v) is 2.19. The standard InChI is InChI=1S/C7H5IO4/c8-3-1-2-4(9)5(6(3)10)7(11)12/h1-2,9-10H,(H,11,12). The molecule has 0 aliphatic rings. The molecule has 0 unspecified atom stereocenters. The third kappa shape index (κ3) is 1.45. The molecule has 5 heteroatoms. The predicted octanol–water partition coefficient (Wildman–Crippen LogP) is 1.40. The first kappa shape index (κ1) is 9.11. The van der Waals surface area contributed by atoms with Crippen LogP contribution in [0, 0.1) is 3.57 Å². The van der Waals surface area contributed by atoms with Crippen LogP contribution in [-0.2, 0) is 0 Å². The Morgan fingerprint density at radius 3 is 2.33 bits per heavy atom. The SMILES string of the molecule is O=C(O)c1c(O)ccc(I)c1O. The van der Waals surface area contributed by atoms with E-state index in [0.717, 1.165) is 0 Å². The monoisotopic (exact) mass is 280 g/mol. The van der Waals surface area contributed by atoms with Crippen LogP contribution in [0.25, 0.3) is 0 Å². The number of carboxylic acid groups (broad SMARTS) is 1. The van der Waals surface area contributed by atoms with Crippen LogP contribution in [0.3, 0.4) is 0 Å². The van der Waals surface area contributed by atoms with Gasteiger partial charge in [0, 0.05) is 0 Å². The van der Waals surface area contributed by atoms with Gasteiger partial charge >= 0.3 is 5.97 Å². The predicted molar refractivity (Wildman–Crippen MR) is 49.4 cm³/mol. The number of carbonyl (C=O) groups is 1. The summed E-state index contributed by atoms with van der Waals surface area (Å²) < 4.78 is 0.391. The second-order valence-corrected chi connectivity index (χ2v) is 3.26. The Labute approximate surface area is 81.6 Å². The Morgan fingerprint density at radius 2 is 1.92 bits per heavy atom. The zero-order valence-corrected chi connectivity index (χ0v) is 7.94. The summed E-state index contributed by atoms with van der Waals surface area (Å²) in [5.41, 5.74) is -0.457. The molecular weight excluding hydrogens is 275 g/mol. The van der Waals surface area contributed by atoms with E-state index in [2.05, 4.69) is 0 Å². The minimum Gasteiger partial charge on any atom is -0.507 e.